The molecule has 1 N–H and O–H groups in total. The molecule has 0 radical (unpaired) electrons. The number of likely N-dealkylation sites (tertiary alicyclic amines) is 1. The Hall–Kier alpha value is -2.89. The van der Waals surface area contributed by atoms with E-state index >= 15 is 0 Å². The quantitative estimate of drug-likeness (QED) is 0.806. The van der Waals surface area contributed by atoms with Gasteiger partial charge < -0.3 is 15.0 Å². The highest BCUT2D eigenvalue weighted by molar-refractivity contribution is 5.97. The van der Waals surface area contributed by atoms with Crippen molar-refractivity contribution in [2.75, 3.05) is 19.7 Å². The minimum atomic E-state index is -0.693. The molecule has 1 heterocycles. The van der Waals surface area contributed by atoms with Crippen molar-refractivity contribution in [1.82, 2.24) is 10.2 Å². The van der Waals surface area contributed by atoms with Crippen molar-refractivity contribution in [3.63, 3.8) is 0 Å². The molecule has 1 saturated heterocycles. The molecule has 1 unspecified atom stereocenters. The van der Waals surface area contributed by atoms with Crippen LogP contribution in [0.4, 0.5) is 4.39 Å². The number of halogens is 1. The highest BCUT2D eigenvalue weighted by Gasteiger charge is 2.39. The summed E-state index contributed by atoms with van der Waals surface area (Å²) >= 11 is 0. The van der Waals surface area contributed by atoms with Crippen molar-refractivity contribution in [1.29, 1.82) is 0 Å². The summed E-state index contributed by atoms with van der Waals surface area (Å²) in [6.07, 6.45) is 1.44. The van der Waals surface area contributed by atoms with Crippen molar-refractivity contribution in [3.05, 3.63) is 65.5 Å². The summed E-state index contributed by atoms with van der Waals surface area (Å²) in [5.74, 6) is -0.0246. The summed E-state index contributed by atoms with van der Waals surface area (Å²) in [6, 6.07) is 13.4. The lowest BCUT2D eigenvalue weighted by atomic mass is 9.80. The van der Waals surface area contributed by atoms with Crippen LogP contribution in [0.3, 0.4) is 0 Å². The van der Waals surface area contributed by atoms with Gasteiger partial charge in [-0.3, -0.25) is 9.59 Å². The van der Waals surface area contributed by atoms with E-state index in [2.05, 4.69) is 5.32 Å². The third kappa shape index (κ3) is 4.94. The van der Waals surface area contributed by atoms with Gasteiger partial charge in [-0.1, -0.05) is 24.3 Å². The summed E-state index contributed by atoms with van der Waals surface area (Å²) < 4.78 is 18.9. The fourth-order valence-electron chi connectivity index (χ4n) is 3.74. The SMILES string of the molecule is CCOc1ccccc1C(=O)N1CCCC(C)(C(=O)NCc2cccc(F)c2)C1. The molecule has 0 spiro atoms. The molecular formula is C23H27FN2O3. The smallest absolute Gasteiger partial charge is 0.257 e. The molecule has 1 aliphatic heterocycles. The van der Waals surface area contributed by atoms with E-state index in [0.29, 0.717) is 43.0 Å². The van der Waals surface area contributed by atoms with E-state index in [0.717, 1.165) is 6.42 Å². The number of amides is 2. The second kappa shape index (κ2) is 9.07. The van der Waals surface area contributed by atoms with Gasteiger partial charge in [0, 0.05) is 19.6 Å². The number of para-hydroxylation sites is 1. The lowest BCUT2D eigenvalue weighted by Crippen LogP contribution is -2.51. The maximum absolute atomic E-state index is 13.3. The Balaban J connectivity index is 1.68. The number of piperidine rings is 1. The molecule has 0 aromatic heterocycles. The Bertz CT molecular complexity index is 886. The molecular weight excluding hydrogens is 371 g/mol. The van der Waals surface area contributed by atoms with Gasteiger partial charge in [-0.2, -0.15) is 0 Å². The summed E-state index contributed by atoms with van der Waals surface area (Å²) in [6.45, 7) is 5.43. The molecule has 5 nitrogen and oxygen atoms in total. The Morgan fingerprint density at radius 3 is 2.76 bits per heavy atom. The number of nitrogens with one attached hydrogen (secondary N) is 1. The highest BCUT2D eigenvalue weighted by atomic mass is 19.1. The van der Waals surface area contributed by atoms with Gasteiger partial charge in [-0.15, -0.1) is 0 Å². The molecule has 29 heavy (non-hydrogen) atoms. The van der Waals surface area contributed by atoms with Gasteiger partial charge in [-0.05, 0) is 56.5 Å². The Labute approximate surface area is 170 Å². The molecule has 6 heteroatoms. The molecule has 1 atom stereocenters. The molecule has 3 rings (SSSR count). The van der Waals surface area contributed by atoms with Crippen LogP contribution in [0.25, 0.3) is 0 Å². The zero-order chi connectivity index (χ0) is 20.9. The number of carbonyl (C=O) groups excluding carboxylic acids is 2. The molecule has 1 fully saturated rings. The number of carbonyl (C=O) groups is 2. The number of rotatable bonds is 6. The van der Waals surface area contributed by atoms with E-state index in [-0.39, 0.29) is 24.2 Å². The number of hydrogen-bond acceptors (Lipinski definition) is 3. The van der Waals surface area contributed by atoms with Crippen molar-refractivity contribution in [3.8, 4) is 5.75 Å². The van der Waals surface area contributed by atoms with E-state index in [1.165, 1.54) is 12.1 Å². The fourth-order valence-corrected chi connectivity index (χ4v) is 3.74. The number of benzene rings is 2. The van der Waals surface area contributed by atoms with E-state index < -0.39 is 5.41 Å². The first-order valence-corrected chi connectivity index (χ1v) is 9.97. The van der Waals surface area contributed by atoms with Crippen molar-refractivity contribution in [2.24, 2.45) is 5.41 Å². The molecule has 2 aromatic carbocycles. The van der Waals surface area contributed by atoms with Crippen LogP contribution in [0.15, 0.2) is 48.5 Å². The molecule has 0 aliphatic carbocycles. The summed E-state index contributed by atoms with van der Waals surface area (Å²) in [7, 11) is 0. The molecule has 2 aromatic rings. The van der Waals surface area contributed by atoms with Crippen molar-refractivity contribution >= 4 is 11.8 Å². The van der Waals surface area contributed by atoms with Gasteiger partial charge in [0.2, 0.25) is 5.91 Å². The topological polar surface area (TPSA) is 58.6 Å². The van der Waals surface area contributed by atoms with Gasteiger partial charge in [0.1, 0.15) is 11.6 Å². The molecule has 154 valence electrons. The summed E-state index contributed by atoms with van der Waals surface area (Å²) in [5, 5.41) is 2.90. The van der Waals surface area contributed by atoms with E-state index in [4.69, 9.17) is 4.74 Å². The largest absolute Gasteiger partial charge is 0.493 e. The lowest BCUT2D eigenvalue weighted by Gasteiger charge is -2.39. The van der Waals surface area contributed by atoms with Gasteiger partial charge in [0.25, 0.3) is 5.91 Å². The average molecular weight is 398 g/mol. The maximum atomic E-state index is 13.3. The maximum Gasteiger partial charge on any atom is 0.257 e. The number of hydrogen-bond donors (Lipinski definition) is 1. The first-order valence-electron chi connectivity index (χ1n) is 9.97. The van der Waals surface area contributed by atoms with Crippen molar-refractivity contribution in [2.45, 2.75) is 33.2 Å². The number of nitrogens with zero attached hydrogens (tertiary/aromatic N) is 1. The first kappa shape index (κ1) is 20.8. The fraction of sp³-hybridized carbons (Fsp3) is 0.391. The van der Waals surface area contributed by atoms with Gasteiger partial charge >= 0.3 is 0 Å². The normalized spacial score (nSPS) is 18.9. The van der Waals surface area contributed by atoms with Crippen LogP contribution in [0.2, 0.25) is 0 Å². The monoisotopic (exact) mass is 398 g/mol. The van der Waals surface area contributed by atoms with E-state index in [1.807, 2.05) is 26.0 Å². The molecule has 1 aliphatic rings. The first-order chi connectivity index (χ1) is 13.9. The standard InChI is InChI=1S/C23H27FN2O3/c1-3-29-20-11-5-4-10-19(20)21(27)26-13-7-12-23(2,16-26)22(28)25-15-17-8-6-9-18(24)14-17/h4-6,8-11,14H,3,7,12-13,15-16H2,1-2H3,(H,25,28). The Morgan fingerprint density at radius 1 is 1.21 bits per heavy atom. The van der Waals surface area contributed by atoms with E-state index in [1.54, 1.807) is 29.2 Å². The lowest BCUT2D eigenvalue weighted by molar-refractivity contribution is -0.132. The third-order valence-corrected chi connectivity index (χ3v) is 5.29. The van der Waals surface area contributed by atoms with Crippen molar-refractivity contribution < 1.29 is 18.7 Å². The average Bonchev–Trinajstić information content (AvgIpc) is 2.72. The highest BCUT2D eigenvalue weighted by Crippen LogP contribution is 2.32. The van der Waals surface area contributed by atoms with Crippen LogP contribution in [-0.4, -0.2) is 36.4 Å². The molecule has 0 bridgehead atoms. The Kier molecular flexibility index (Phi) is 6.52. The zero-order valence-corrected chi connectivity index (χ0v) is 16.9. The van der Waals surface area contributed by atoms with Gasteiger partial charge in [0.05, 0.1) is 17.6 Å². The van der Waals surface area contributed by atoms with E-state index in [9.17, 15) is 14.0 Å². The second-order valence-corrected chi connectivity index (χ2v) is 7.63. The predicted molar refractivity (Wildman–Crippen MR) is 109 cm³/mol. The molecule has 2 amide bonds. The van der Waals surface area contributed by atoms with Crippen LogP contribution in [-0.2, 0) is 11.3 Å². The van der Waals surface area contributed by atoms with Crippen LogP contribution < -0.4 is 10.1 Å². The minimum absolute atomic E-state index is 0.127. The zero-order valence-electron chi connectivity index (χ0n) is 16.9. The van der Waals surface area contributed by atoms with Crippen LogP contribution >= 0.6 is 0 Å². The summed E-state index contributed by atoms with van der Waals surface area (Å²) in [4.78, 5) is 27.7. The minimum Gasteiger partial charge on any atom is -0.493 e. The summed E-state index contributed by atoms with van der Waals surface area (Å²) in [5.41, 5.74) is 0.525. The number of ether oxygens (including phenoxy) is 1. The Morgan fingerprint density at radius 2 is 2.00 bits per heavy atom. The van der Waals surface area contributed by atoms with Gasteiger partial charge in [0.15, 0.2) is 0 Å². The molecule has 0 saturated carbocycles. The predicted octanol–water partition coefficient (Wildman–Crippen LogP) is 3.78. The van der Waals surface area contributed by atoms with Crippen LogP contribution in [0.5, 0.6) is 5.75 Å². The van der Waals surface area contributed by atoms with Gasteiger partial charge in [-0.25, -0.2) is 4.39 Å². The second-order valence-electron chi connectivity index (χ2n) is 7.63. The third-order valence-electron chi connectivity index (χ3n) is 5.29. The van der Waals surface area contributed by atoms with Crippen LogP contribution in [0, 0.1) is 11.2 Å². The van der Waals surface area contributed by atoms with Crippen LogP contribution in [0.1, 0.15) is 42.6 Å².